The van der Waals surface area contributed by atoms with Crippen LogP contribution in [0.15, 0.2) is 48.1 Å². The van der Waals surface area contributed by atoms with Gasteiger partial charge in [0.05, 0.1) is 0 Å². The summed E-state index contributed by atoms with van der Waals surface area (Å²) < 4.78 is 0. The fourth-order valence-electron chi connectivity index (χ4n) is 1.09. The maximum atomic E-state index is 3.63. The van der Waals surface area contributed by atoms with E-state index in [1.807, 2.05) is 12.2 Å². The third-order valence-corrected chi connectivity index (χ3v) is 1.84. The Labute approximate surface area is 68.6 Å². The second-order valence-electron chi connectivity index (χ2n) is 2.85. The highest BCUT2D eigenvalue weighted by Crippen LogP contribution is 2.18. The van der Waals surface area contributed by atoms with E-state index in [0.29, 0.717) is 0 Å². The Hall–Kier alpha value is -1.04. The quantitative estimate of drug-likeness (QED) is 0.524. The maximum absolute atomic E-state index is 3.63. The Balaban J connectivity index is 2.61. The lowest BCUT2D eigenvalue weighted by Gasteiger charge is -2.07. The molecule has 0 spiro atoms. The summed E-state index contributed by atoms with van der Waals surface area (Å²) in [6.45, 7) is 5.80. The van der Waals surface area contributed by atoms with Crippen molar-refractivity contribution in [2.45, 2.75) is 19.8 Å². The zero-order valence-corrected chi connectivity index (χ0v) is 7.01. The van der Waals surface area contributed by atoms with E-state index in [1.165, 1.54) is 24.0 Å². The van der Waals surface area contributed by atoms with Crippen LogP contribution < -0.4 is 0 Å². The third kappa shape index (κ3) is 2.58. The zero-order valence-electron chi connectivity index (χ0n) is 7.01. The lowest BCUT2D eigenvalue weighted by molar-refractivity contribution is 0.927. The molecule has 0 bridgehead atoms. The van der Waals surface area contributed by atoms with Crippen LogP contribution >= 0.6 is 0 Å². The van der Waals surface area contributed by atoms with Gasteiger partial charge >= 0.3 is 0 Å². The van der Waals surface area contributed by atoms with Crippen molar-refractivity contribution in [3.8, 4) is 0 Å². The minimum Gasteiger partial charge on any atom is -0.0991 e. The topological polar surface area (TPSA) is 0 Å². The van der Waals surface area contributed by atoms with Gasteiger partial charge in [0.25, 0.3) is 0 Å². The molecule has 0 aliphatic heterocycles. The number of rotatable bonds is 2. The molecule has 0 heterocycles. The minimum atomic E-state index is 1.17. The lowest BCUT2D eigenvalue weighted by atomic mass is 9.99. The van der Waals surface area contributed by atoms with Crippen molar-refractivity contribution >= 4 is 0 Å². The molecule has 0 aromatic heterocycles. The third-order valence-electron chi connectivity index (χ3n) is 1.84. The molecule has 1 aliphatic carbocycles. The van der Waals surface area contributed by atoms with Crippen molar-refractivity contribution in [3.05, 3.63) is 48.1 Å². The van der Waals surface area contributed by atoms with Gasteiger partial charge in [0.2, 0.25) is 0 Å². The molecule has 0 radical (unpaired) electrons. The average Bonchev–Trinajstić information content (AvgIpc) is 2.04. The summed E-state index contributed by atoms with van der Waals surface area (Å²) in [5.41, 5.74) is 2.87. The number of allylic oxidation sites excluding steroid dienone is 7. The first-order chi connectivity index (χ1) is 5.33. The molecule has 0 N–H and O–H groups in total. The lowest BCUT2D eigenvalue weighted by Crippen LogP contribution is -1.87. The Morgan fingerprint density at radius 2 is 2.18 bits per heavy atom. The Morgan fingerprint density at radius 3 is 2.73 bits per heavy atom. The van der Waals surface area contributed by atoms with Gasteiger partial charge in [-0.05, 0) is 25.3 Å². The summed E-state index contributed by atoms with van der Waals surface area (Å²) in [6.07, 6.45) is 12.7. The predicted octanol–water partition coefficient (Wildman–Crippen LogP) is 3.40. The molecule has 11 heavy (non-hydrogen) atoms. The first kappa shape index (κ1) is 8.06. The van der Waals surface area contributed by atoms with Crippen LogP contribution in [-0.4, -0.2) is 0 Å². The average molecular weight is 146 g/mol. The van der Waals surface area contributed by atoms with Gasteiger partial charge < -0.3 is 0 Å². The van der Waals surface area contributed by atoms with E-state index in [9.17, 15) is 0 Å². The molecule has 58 valence electrons. The molecule has 1 rings (SSSR count). The minimum absolute atomic E-state index is 1.17. The molecule has 0 amide bonds. The standard InChI is InChI=1S/C11H14/c1-3-4-5-11-8-6-10(2)7-9-11/h3-6,8H,1,7,9H2,2H3. The van der Waals surface area contributed by atoms with Gasteiger partial charge in [-0.1, -0.05) is 42.5 Å². The van der Waals surface area contributed by atoms with Crippen LogP contribution in [0.1, 0.15) is 19.8 Å². The second-order valence-corrected chi connectivity index (χ2v) is 2.85. The largest absolute Gasteiger partial charge is 0.0991 e. The normalized spacial score (nSPS) is 17.9. The van der Waals surface area contributed by atoms with Crippen molar-refractivity contribution < 1.29 is 0 Å². The van der Waals surface area contributed by atoms with Crippen molar-refractivity contribution in [3.63, 3.8) is 0 Å². The summed E-state index contributed by atoms with van der Waals surface area (Å²) in [7, 11) is 0. The van der Waals surface area contributed by atoms with Crippen molar-refractivity contribution in [2.24, 2.45) is 0 Å². The second kappa shape index (κ2) is 3.97. The molecule has 0 fully saturated rings. The SMILES string of the molecule is C=CC=CC1=CC=C(C)CC1. The molecule has 0 saturated heterocycles. The van der Waals surface area contributed by atoms with Crippen LogP contribution in [-0.2, 0) is 0 Å². The summed E-state index contributed by atoms with van der Waals surface area (Å²) >= 11 is 0. The number of hydrogen-bond acceptors (Lipinski definition) is 0. The van der Waals surface area contributed by atoms with Crippen molar-refractivity contribution in [1.29, 1.82) is 0 Å². The van der Waals surface area contributed by atoms with Gasteiger partial charge in [0.1, 0.15) is 0 Å². The Kier molecular flexibility index (Phi) is 2.91. The van der Waals surface area contributed by atoms with Crippen LogP contribution in [0, 0.1) is 0 Å². The highest BCUT2D eigenvalue weighted by molar-refractivity contribution is 5.31. The van der Waals surface area contributed by atoms with Crippen LogP contribution in [0.3, 0.4) is 0 Å². The summed E-state index contributed by atoms with van der Waals surface area (Å²) in [5.74, 6) is 0. The van der Waals surface area contributed by atoms with Gasteiger partial charge in [-0.3, -0.25) is 0 Å². The predicted molar refractivity (Wildman–Crippen MR) is 50.4 cm³/mol. The van der Waals surface area contributed by atoms with E-state index in [4.69, 9.17) is 0 Å². The molecule has 0 saturated carbocycles. The molecule has 0 aromatic carbocycles. The molecule has 1 aliphatic rings. The maximum Gasteiger partial charge on any atom is -0.0241 e. The monoisotopic (exact) mass is 146 g/mol. The summed E-state index contributed by atoms with van der Waals surface area (Å²) in [4.78, 5) is 0. The van der Waals surface area contributed by atoms with Gasteiger partial charge in [0, 0.05) is 0 Å². The summed E-state index contributed by atoms with van der Waals surface area (Å²) in [6, 6.07) is 0. The van der Waals surface area contributed by atoms with E-state index in [2.05, 4.69) is 31.7 Å². The molecular formula is C11H14. The first-order valence-electron chi connectivity index (χ1n) is 3.98. The van der Waals surface area contributed by atoms with Gasteiger partial charge in [0.15, 0.2) is 0 Å². The molecule has 0 atom stereocenters. The number of hydrogen-bond donors (Lipinski definition) is 0. The van der Waals surface area contributed by atoms with E-state index in [1.54, 1.807) is 0 Å². The fraction of sp³-hybridized carbons (Fsp3) is 0.273. The van der Waals surface area contributed by atoms with E-state index >= 15 is 0 Å². The highest BCUT2D eigenvalue weighted by atomic mass is 14.0. The molecule has 0 heteroatoms. The van der Waals surface area contributed by atoms with Crippen molar-refractivity contribution in [1.82, 2.24) is 0 Å². The molecule has 0 unspecified atom stereocenters. The van der Waals surface area contributed by atoms with Crippen molar-refractivity contribution in [2.75, 3.05) is 0 Å². The Bertz CT molecular complexity index is 226. The van der Waals surface area contributed by atoms with Gasteiger partial charge in [-0.2, -0.15) is 0 Å². The van der Waals surface area contributed by atoms with Crippen LogP contribution in [0.4, 0.5) is 0 Å². The molecule has 0 aromatic rings. The van der Waals surface area contributed by atoms with Crippen LogP contribution in [0.25, 0.3) is 0 Å². The first-order valence-corrected chi connectivity index (χ1v) is 3.98. The highest BCUT2D eigenvalue weighted by Gasteiger charge is 1.98. The zero-order chi connectivity index (χ0) is 8.10. The fourth-order valence-corrected chi connectivity index (χ4v) is 1.09. The molecular weight excluding hydrogens is 132 g/mol. The molecule has 0 nitrogen and oxygen atoms in total. The van der Waals surface area contributed by atoms with Gasteiger partial charge in [-0.25, -0.2) is 0 Å². The van der Waals surface area contributed by atoms with E-state index in [-0.39, 0.29) is 0 Å². The van der Waals surface area contributed by atoms with Crippen LogP contribution in [0.2, 0.25) is 0 Å². The van der Waals surface area contributed by atoms with Gasteiger partial charge in [-0.15, -0.1) is 0 Å². The van der Waals surface area contributed by atoms with E-state index in [0.717, 1.165) is 0 Å². The summed E-state index contributed by atoms with van der Waals surface area (Å²) in [5, 5.41) is 0. The smallest absolute Gasteiger partial charge is 0.0241 e. The van der Waals surface area contributed by atoms with Crippen LogP contribution in [0.5, 0.6) is 0 Å². The van der Waals surface area contributed by atoms with E-state index < -0.39 is 0 Å². The Morgan fingerprint density at radius 1 is 1.36 bits per heavy atom.